The lowest BCUT2D eigenvalue weighted by molar-refractivity contribution is -0.129. The number of amides is 1. The minimum atomic E-state index is -1.11. The van der Waals surface area contributed by atoms with Gasteiger partial charge >= 0.3 is 6.09 Å². The molecule has 0 spiro atoms. The van der Waals surface area contributed by atoms with Gasteiger partial charge in [-0.05, 0) is 17.7 Å². The van der Waals surface area contributed by atoms with E-state index in [1.165, 1.54) is 0 Å². The Bertz CT molecular complexity index is 1180. The molecule has 168 valence electrons. The number of carbonyl (C=O) groups is 2. The fourth-order valence-electron chi connectivity index (χ4n) is 4.07. The number of aryl methyl sites for hydroxylation is 1. The number of nitrogens with zero attached hydrogens (tertiary/aromatic N) is 5. The molecule has 1 aliphatic heterocycles. The monoisotopic (exact) mass is 436 g/mol. The molecule has 1 aliphatic rings. The summed E-state index contributed by atoms with van der Waals surface area (Å²) in [6, 6.07) is 7.76. The Morgan fingerprint density at radius 3 is 2.41 bits per heavy atom. The molecule has 2 aromatic heterocycles. The Balaban J connectivity index is 1.62. The first-order chi connectivity index (χ1) is 15.0. The second-order valence-corrected chi connectivity index (χ2v) is 9.16. The molecule has 3 heterocycles. The van der Waals surface area contributed by atoms with Crippen molar-refractivity contribution in [3.05, 3.63) is 47.4 Å². The minimum absolute atomic E-state index is 0.0614. The van der Waals surface area contributed by atoms with Crippen LogP contribution in [0.1, 0.15) is 44.6 Å². The van der Waals surface area contributed by atoms with Gasteiger partial charge in [0.05, 0.1) is 12.2 Å². The van der Waals surface area contributed by atoms with Crippen molar-refractivity contribution in [1.29, 1.82) is 0 Å². The lowest BCUT2D eigenvalue weighted by Gasteiger charge is -2.26. The molecule has 0 saturated carbocycles. The second-order valence-electron chi connectivity index (χ2n) is 9.16. The summed E-state index contributed by atoms with van der Waals surface area (Å²) in [6.07, 6.45) is 1.22. The number of benzene rings is 1. The summed E-state index contributed by atoms with van der Waals surface area (Å²) < 4.78 is 2.84. The van der Waals surface area contributed by atoms with Gasteiger partial charge in [-0.2, -0.15) is 14.9 Å². The van der Waals surface area contributed by atoms with Crippen molar-refractivity contribution in [2.75, 3.05) is 11.9 Å². The largest absolute Gasteiger partial charge is 0.463 e. The van der Waals surface area contributed by atoms with Crippen molar-refractivity contribution in [3.8, 4) is 11.1 Å². The highest BCUT2D eigenvalue weighted by Gasteiger charge is 2.26. The topological polar surface area (TPSA) is 105 Å². The molecule has 0 unspecified atom stereocenters. The summed E-state index contributed by atoms with van der Waals surface area (Å²) in [4.78, 5) is 25.1. The molecule has 1 amide bonds. The summed E-state index contributed by atoms with van der Waals surface area (Å²) in [5.74, 6) is 0.807. The third-order valence-corrected chi connectivity index (χ3v) is 5.77. The number of fused-ring (bicyclic) bond motifs is 1. The highest BCUT2D eigenvalue weighted by atomic mass is 16.4. The van der Waals surface area contributed by atoms with Crippen LogP contribution >= 0.6 is 0 Å². The normalized spacial score (nSPS) is 13.7. The van der Waals surface area contributed by atoms with Crippen LogP contribution in [0.5, 0.6) is 0 Å². The molecule has 0 fully saturated rings. The van der Waals surface area contributed by atoms with Crippen LogP contribution in [0.2, 0.25) is 0 Å². The Kier molecular flexibility index (Phi) is 5.28. The zero-order chi connectivity index (χ0) is 23.2. The lowest BCUT2D eigenvalue weighted by atomic mass is 9.87. The average Bonchev–Trinajstić information content (AvgIpc) is 3.31. The average molecular weight is 437 g/mol. The minimum Gasteiger partial charge on any atom is -0.463 e. The summed E-state index contributed by atoms with van der Waals surface area (Å²) in [5.41, 5.74) is 5.13. The van der Waals surface area contributed by atoms with Gasteiger partial charge in [0.25, 0.3) is 0 Å². The number of anilines is 2. The zero-order valence-electron chi connectivity index (χ0n) is 19.0. The Morgan fingerprint density at radius 2 is 1.81 bits per heavy atom. The van der Waals surface area contributed by atoms with Crippen LogP contribution < -0.4 is 5.32 Å². The summed E-state index contributed by atoms with van der Waals surface area (Å²) in [6.45, 7) is 8.87. The maximum Gasteiger partial charge on any atom is 0.432 e. The standard InChI is InChI=1S/C23H28N6O3/c1-14(30)28-11-10-19-18(12-28)21(26-27(19)5)24-16-8-6-15(7-9-16)17-13-29(22(31)32)25-20(17)23(2,3)4/h6-9,13H,10-12H2,1-5H3,(H,24,26)(H,31,32). The van der Waals surface area contributed by atoms with Crippen LogP contribution in [-0.2, 0) is 30.2 Å². The van der Waals surface area contributed by atoms with Crippen molar-refractivity contribution in [2.45, 2.75) is 46.1 Å². The number of carboxylic acid groups (broad SMARTS) is 1. The molecular weight excluding hydrogens is 408 g/mol. The maximum atomic E-state index is 11.8. The number of rotatable bonds is 3. The van der Waals surface area contributed by atoms with Crippen LogP contribution in [0.15, 0.2) is 30.5 Å². The molecule has 9 heteroatoms. The van der Waals surface area contributed by atoms with Gasteiger partial charge in [0, 0.05) is 61.1 Å². The van der Waals surface area contributed by atoms with Gasteiger partial charge in [-0.15, -0.1) is 0 Å². The van der Waals surface area contributed by atoms with E-state index in [-0.39, 0.29) is 11.3 Å². The van der Waals surface area contributed by atoms with Gasteiger partial charge in [0.2, 0.25) is 5.91 Å². The van der Waals surface area contributed by atoms with E-state index in [0.717, 1.165) is 50.7 Å². The summed E-state index contributed by atoms with van der Waals surface area (Å²) in [5, 5.41) is 21.6. The number of hydrogen-bond acceptors (Lipinski definition) is 5. The van der Waals surface area contributed by atoms with Crippen LogP contribution in [0.4, 0.5) is 16.3 Å². The van der Waals surface area contributed by atoms with Gasteiger partial charge in [0.1, 0.15) is 0 Å². The first-order valence-corrected chi connectivity index (χ1v) is 10.6. The van der Waals surface area contributed by atoms with Gasteiger partial charge in [-0.25, -0.2) is 4.79 Å². The van der Waals surface area contributed by atoms with E-state index in [9.17, 15) is 14.7 Å². The van der Waals surface area contributed by atoms with Crippen LogP contribution in [0.25, 0.3) is 11.1 Å². The molecule has 9 nitrogen and oxygen atoms in total. The van der Waals surface area contributed by atoms with Crippen LogP contribution in [-0.4, -0.2) is 48.1 Å². The summed E-state index contributed by atoms with van der Waals surface area (Å²) >= 11 is 0. The van der Waals surface area contributed by atoms with Crippen LogP contribution in [0.3, 0.4) is 0 Å². The zero-order valence-corrected chi connectivity index (χ0v) is 19.0. The maximum absolute atomic E-state index is 11.8. The van der Waals surface area contributed by atoms with Crippen molar-refractivity contribution in [1.82, 2.24) is 24.5 Å². The van der Waals surface area contributed by atoms with E-state index >= 15 is 0 Å². The van der Waals surface area contributed by atoms with E-state index in [1.54, 1.807) is 13.1 Å². The van der Waals surface area contributed by atoms with E-state index < -0.39 is 6.09 Å². The molecule has 3 aromatic rings. The molecule has 0 bridgehead atoms. The Labute approximate surface area is 186 Å². The van der Waals surface area contributed by atoms with Gasteiger partial charge in [-0.1, -0.05) is 32.9 Å². The predicted molar refractivity (Wildman–Crippen MR) is 121 cm³/mol. The van der Waals surface area contributed by atoms with E-state index in [0.29, 0.717) is 13.1 Å². The molecular formula is C23H28N6O3. The summed E-state index contributed by atoms with van der Waals surface area (Å²) in [7, 11) is 1.92. The highest BCUT2D eigenvalue weighted by Crippen LogP contribution is 2.33. The number of aromatic nitrogens is 4. The van der Waals surface area contributed by atoms with Crippen molar-refractivity contribution >= 4 is 23.5 Å². The first-order valence-electron chi connectivity index (χ1n) is 10.6. The smallest absolute Gasteiger partial charge is 0.432 e. The number of carbonyl (C=O) groups excluding carboxylic acids is 1. The number of nitrogens with one attached hydrogen (secondary N) is 1. The quantitative estimate of drug-likeness (QED) is 0.648. The molecule has 0 saturated heterocycles. The first kappa shape index (κ1) is 21.6. The van der Waals surface area contributed by atoms with Crippen LogP contribution in [0, 0.1) is 0 Å². The van der Waals surface area contributed by atoms with Crippen molar-refractivity contribution < 1.29 is 14.7 Å². The van der Waals surface area contributed by atoms with Gasteiger partial charge in [0.15, 0.2) is 5.82 Å². The predicted octanol–water partition coefficient (Wildman–Crippen LogP) is 3.76. The molecule has 1 aromatic carbocycles. The van der Waals surface area contributed by atoms with Gasteiger partial charge in [-0.3, -0.25) is 9.48 Å². The lowest BCUT2D eigenvalue weighted by Crippen LogP contribution is -2.34. The molecule has 0 aliphatic carbocycles. The Morgan fingerprint density at radius 1 is 1.12 bits per heavy atom. The van der Waals surface area contributed by atoms with E-state index in [4.69, 9.17) is 0 Å². The molecule has 0 radical (unpaired) electrons. The third-order valence-electron chi connectivity index (χ3n) is 5.77. The fourth-order valence-corrected chi connectivity index (χ4v) is 4.07. The fraction of sp³-hybridized carbons (Fsp3) is 0.391. The molecule has 32 heavy (non-hydrogen) atoms. The van der Waals surface area contributed by atoms with E-state index in [1.807, 2.05) is 61.7 Å². The third kappa shape index (κ3) is 3.98. The molecule has 4 rings (SSSR count). The highest BCUT2D eigenvalue weighted by molar-refractivity contribution is 5.76. The second kappa shape index (κ2) is 7.81. The van der Waals surface area contributed by atoms with Gasteiger partial charge < -0.3 is 15.3 Å². The van der Waals surface area contributed by atoms with Crippen molar-refractivity contribution in [3.63, 3.8) is 0 Å². The molecule has 2 N–H and O–H groups in total. The van der Waals surface area contributed by atoms with Crippen molar-refractivity contribution in [2.24, 2.45) is 7.05 Å². The number of hydrogen-bond donors (Lipinski definition) is 2. The molecule has 0 atom stereocenters. The SMILES string of the molecule is CC(=O)N1CCc2c(c(Nc3ccc(-c4cn(C(=O)O)nc4C(C)(C)C)cc3)nn2C)C1. The van der Waals surface area contributed by atoms with E-state index in [2.05, 4.69) is 15.5 Å². The Hall–Kier alpha value is -3.62.